The molecule has 1 aliphatic carbocycles. The standard InChI is InChI=1S/C13H21NOS/c1-16-10-13-6-5-12(15-13)9-14-8-7-11-3-2-4-11/h5-6,11,14H,2-4,7-10H2,1H3. The van der Waals surface area contributed by atoms with Crippen molar-refractivity contribution >= 4 is 11.8 Å². The minimum Gasteiger partial charge on any atom is -0.464 e. The predicted molar refractivity (Wildman–Crippen MR) is 69.6 cm³/mol. The minimum absolute atomic E-state index is 0.876. The van der Waals surface area contributed by atoms with Gasteiger partial charge in [0, 0.05) is 0 Å². The largest absolute Gasteiger partial charge is 0.464 e. The number of furan rings is 1. The van der Waals surface area contributed by atoms with Crippen LogP contribution in [0.3, 0.4) is 0 Å². The van der Waals surface area contributed by atoms with Gasteiger partial charge in [0.2, 0.25) is 0 Å². The molecule has 0 spiro atoms. The molecule has 1 aliphatic rings. The van der Waals surface area contributed by atoms with E-state index in [1.165, 1.54) is 25.7 Å². The Kier molecular flexibility index (Phi) is 4.79. The third-order valence-electron chi connectivity index (χ3n) is 3.26. The molecule has 0 aliphatic heterocycles. The first-order valence-electron chi connectivity index (χ1n) is 6.15. The van der Waals surface area contributed by atoms with Crippen LogP contribution in [-0.2, 0) is 12.3 Å². The Bertz CT molecular complexity index is 307. The molecule has 1 aromatic rings. The summed E-state index contributed by atoms with van der Waals surface area (Å²) in [6.07, 6.45) is 7.76. The molecule has 0 saturated heterocycles. The van der Waals surface area contributed by atoms with Gasteiger partial charge in [-0.15, -0.1) is 0 Å². The van der Waals surface area contributed by atoms with Gasteiger partial charge in [-0.2, -0.15) is 11.8 Å². The van der Waals surface area contributed by atoms with Gasteiger partial charge in [0.1, 0.15) is 11.5 Å². The van der Waals surface area contributed by atoms with Crippen molar-refractivity contribution in [3.63, 3.8) is 0 Å². The van der Waals surface area contributed by atoms with Gasteiger partial charge in [0.05, 0.1) is 12.3 Å². The second-order valence-corrected chi connectivity index (χ2v) is 5.43. The summed E-state index contributed by atoms with van der Waals surface area (Å²) in [4.78, 5) is 0. The molecule has 0 aromatic carbocycles. The molecule has 1 saturated carbocycles. The molecule has 2 rings (SSSR count). The minimum atomic E-state index is 0.876. The zero-order valence-corrected chi connectivity index (χ0v) is 10.8. The molecule has 1 N–H and O–H groups in total. The zero-order valence-electron chi connectivity index (χ0n) is 10.00. The molecule has 0 radical (unpaired) electrons. The van der Waals surface area contributed by atoms with Crippen LogP contribution in [0.1, 0.15) is 37.2 Å². The summed E-state index contributed by atoms with van der Waals surface area (Å²) in [6.45, 7) is 2.00. The predicted octanol–water partition coefficient (Wildman–Crippen LogP) is 3.42. The summed E-state index contributed by atoms with van der Waals surface area (Å²) in [5.41, 5.74) is 0. The quantitative estimate of drug-likeness (QED) is 0.738. The van der Waals surface area contributed by atoms with Crippen LogP contribution in [0.4, 0.5) is 0 Å². The van der Waals surface area contributed by atoms with Crippen molar-refractivity contribution in [1.29, 1.82) is 0 Å². The number of thioether (sulfide) groups is 1. The first-order chi connectivity index (χ1) is 7.88. The fourth-order valence-electron chi connectivity index (χ4n) is 2.04. The monoisotopic (exact) mass is 239 g/mol. The van der Waals surface area contributed by atoms with Crippen molar-refractivity contribution < 1.29 is 4.42 Å². The van der Waals surface area contributed by atoms with Gasteiger partial charge in [-0.05, 0) is 37.3 Å². The topological polar surface area (TPSA) is 25.2 Å². The summed E-state index contributed by atoms with van der Waals surface area (Å²) >= 11 is 1.80. The van der Waals surface area contributed by atoms with Crippen LogP contribution in [-0.4, -0.2) is 12.8 Å². The van der Waals surface area contributed by atoms with E-state index in [1.54, 1.807) is 11.8 Å². The third-order valence-corrected chi connectivity index (χ3v) is 3.83. The Morgan fingerprint density at radius 2 is 2.19 bits per heavy atom. The van der Waals surface area contributed by atoms with E-state index in [0.29, 0.717) is 0 Å². The lowest BCUT2D eigenvalue weighted by Crippen LogP contribution is -2.20. The normalized spacial score (nSPS) is 16.3. The highest BCUT2D eigenvalue weighted by Crippen LogP contribution is 2.28. The maximum atomic E-state index is 5.69. The molecule has 90 valence electrons. The van der Waals surface area contributed by atoms with Gasteiger partial charge in [-0.1, -0.05) is 19.3 Å². The maximum Gasteiger partial charge on any atom is 0.117 e. The Morgan fingerprint density at radius 1 is 1.38 bits per heavy atom. The molecule has 16 heavy (non-hydrogen) atoms. The number of hydrogen-bond donors (Lipinski definition) is 1. The molecule has 0 unspecified atom stereocenters. The molecular weight excluding hydrogens is 218 g/mol. The van der Waals surface area contributed by atoms with Crippen LogP contribution in [0.25, 0.3) is 0 Å². The number of nitrogens with one attached hydrogen (secondary N) is 1. The second-order valence-electron chi connectivity index (χ2n) is 4.56. The van der Waals surface area contributed by atoms with Crippen molar-refractivity contribution in [1.82, 2.24) is 5.32 Å². The third kappa shape index (κ3) is 3.56. The van der Waals surface area contributed by atoms with E-state index in [-0.39, 0.29) is 0 Å². The Morgan fingerprint density at radius 3 is 2.88 bits per heavy atom. The first kappa shape index (κ1) is 12.1. The molecule has 0 atom stereocenters. The molecule has 1 fully saturated rings. The van der Waals surface area contributed by atoms with Gasteiger partial charge in [0.25, 0.3) is 0 Å². The van der Waals surface area contributed by atoms with E-state index in [0.717, 1.165) is 36.3 Å². The van der Waals surface area contributed by atoms with Gasteiger partial charge in [0.15, 0.2) is 0 Å². The summed E-state index contributed by atoms with van der Waals surface area (Å²) in [6, 6.07) is 4.17. The van der Waals surface area contributed by atoms with Crippen molar-refractivity contribution in [3.05, 3.63) is 23.7 Å². The smallest absolute Gasteiger partial charge is 0.117 e. The van der Waals surface area contributed by atoms with Gasteiger partial charge < -0.3 is 9.73 Å². The zero-order chi connectivity index (χ0) is 11.2. The van der Waals surface area contributed by atoms with Crippen LogP contribution in [0, 0.1) is 5.92 Å². The van der Waals surface area contributed by atoms with Gasteiger partial charge in [-0.3, -0.25) is 0 Å². The van der Waals surface area contributed by atoms with E-state index in [9.17, 15) is 0 Å². The maximum absolute atomic E-state index is 5.69. The van der Waals surface area contributed by atoms with Crippen molar-refractivity contribution in [3.8, 4) is 0 Å². The highest BCUT2D eigenvalue weighted by molar-refractivity contribution is 7.97. The Labute approximate surface area is 102 Å². The van der Waals surface area contributed by atoms with E-state index in [4.69, 9.17) is 4.42 Å². The lowest BCUT2D eigenvalue weighted by molar-refractivity contribution is 0.290. The SMILES string of the molecule is CSCc1ccc(CNCCC2CCC2)o1. The van der Waals surface area contributed by atoms with Crippen LogP contribution >= 0.6 is 11.8 Å². The van der Waals surface area contributed by atoms with E-state index in [2.05, 4.69) is 23.7 Å². The van der Waals surface area contributed by atoms with Crippen LogP contribution < -0.4 is 5.32 Å². The van der Waals surface area contributed by atoms with Crippen molar-refractivity contribution in [2.45, 2.75) is 38.0 Å². The fourth-order valence-corrected chi connectivity index (χ4v) is 2.48. The average Bonchev–Trinajstić information content (AvgIpc) is 2.63. The van der Waals surface area contributed by atoms with Crippen LogP contribution in [0.15, 0.2) is 16.5 Å². The van der Waals surface area contributed by atoms with Crippen LogP contribution in [0.2, 0.25) is 0 Å². The van der Waals surface area contributed by atoms with Gasteiger partial charge >= 0.3 is 0 Å². The number of rotatable bonds is 7. The summed E-state index contributed by atoms with van der Waals surface area (Å²) in [5.74, 6) is 4.12. The molecular formula is C13H21NOS. The summed E-state index contributed by atoms with van der Waals surface area (Å²) < 4.78 is 5.69. The molecule has 1 aromatic heterocycles. The lowest BCUT2D eigenvalue weighted by Gasteiger charge is -2.25. The second kappa shape index (κ2) is 6.36. The average molecular weight is 239 g/mol. The highest BCUT2D eigenvalue weighted by Gasteiger charge is 2.16. The highest BCUT2D eigenvalue weighted by atomic mass is 32.2. The number of hydrogen-bond acceptors (Lipinski definition) is 3. The van der Waals surface area contributed by atoms with Gasteiger partial charge in [-0.25, -0.2) is 0 Å². The Hall–Kier alpha value is -0.410. The van der Waals surface area contributed by atoms with Crippen LogP contribution in [0.5, 0.6) is 0 Å². The molecule has 0 amide bonds. The van der Waals surface area contributed by atoms with Crippen molar-refractivity contribution in [2.24, 2.45) is 5.92 Å². The lowest BCUT2D eigenvalue weighted by atomic mass is 9.83. The molecule has 3 heteroatoms. The van der Waals surface area contributed by atoms with E-state index < -0.39 is 0 Å². The van der Waals surface area contributed by atoms with Crippen molar-refractivity contribution in [2.75, 3.05) is 12.8 Å². The summed E-state index contributed by atoms with van der Waals surface area (Å²) in [5, 5.41) is 3.46. The molecule has 0 bridgehead atoms. The molecule has 2 nitrogen and oxygen atoms in total. The van der Waals surface area contributed by atoms with E-state index >= 15 is 0 Å². The molecule has 1 heterocycles. The summed E-state index contributed by atoms with van der Waals surface area (Å²) in [7, 11) is 0. The van der Waals surface area contributed by atoms with E-state index in [1.807, 2.05) is 0 Å². The Balaban J connectivity index is 1.60. The first-order valence-corrected chi connectivity index (χ1v) is 7.55. The fraction of sp³-hybridized carbons (Fsp3) is 0.692.